The van der Waals surface area contributed by atoms with Crippen molar-refractivity contribution in [3.8, 4) is 11.5 Å². The van der Waals surface area contributed by atoms with Crippen LogP contribution in [0.15, 0.2) is 23.1 Å². The van der Waals surface area contributed by atoms with E-state index in [-0.39, 0.29) is 10.3 Å². The fourth-order valence-corrected chi connectivity index (χ4v) is 6.56. The average molecular weight is 397 g/mol. The van der Waals surface area contributed by atoms with E-state index >= 15 is 0 Å². The molecule has 0 N–H and O–H groups in total. The highest BCUT2D eigenvalue weighted by Gasteiger charge is 2.50. The SMILES string of the molecule is COc1ccc(OC)c(S(=O)(=O)N2CC(CN(C)C)C3(CCCCC3)C2)c1. The largest absolute Gasteiger partial charge is 0.497 e. The van der Waals surface area contributed by atoms with Gasteiger partial charge in [0.25, 0.3) is 0 Å². The van der Waals surface area contributed by atoms with E-state index in [9.17, 15) is 8.42 Å². The summed E-state index contributed by atoms with van der Waals surface area (Å²) in [5, 5.41) is 0. The zero-order chi connectivity index (χ0) is 19.7. The maximum atomic E-state index is 13.5. The molecule has 0 aromatic heterocycles. The predicted octanol–water partition coefficient (Wildman–Crippen LogP) is 2.84. The summed E-state index contributed by atoms with van der Waals surface area (Å²) in [6, 6.07) is 4.95. The van der Waals surface area contributed by atoms with Crippen molar-refractivity contribution in [3.63, 3.8) is 0 Å². The van der Waals surface area contributed by atoms with Crippen molar-refractivity contribution in [1.29, 1.82) is 0 Å². The molecule has 1 atom stereocenters. The second-order valence-corrected chi connectivity index (χ2v) is 10.1. The molecule has 2 aliphatic rings. The molecule has 0 amide bonds. The molecule has 6 nitrogen and oxygen atoms in total. The molecular formula is C20H32N2O4S. The molecule has 1 aliphatic carbocycles. The van der Waals surface area contributed by atoms with Crippen molar-refractivity contribution < 1.29 is 17.9 Å². The van der Waals surface area contributed by atoms with Gasteiger partial charge in [0.1, 0.15) is 16.4 Å². The Morgan fingerprint density at radius 3 is 2.44 bits per heavy atom. The Morgan fingerprint density at radius 1 is 1.15 bits per heavy atom. The maximum Gasteiger partial charge on any atom is 0.246 e. The second-order valence-electron chi connectivity index (χ2n) is 8.20. The van der Waals surface area contributed by atoms with Crippen LogP contribution in [0.1, 0.15) is 32.1 Å². The highest BCUT2D eigenvalue weighted by molar-refractivity contribution is 7.89. The molecule has 1 saturated carbocycles. The Balaban J connectivity index is 1.95. The van der Waals surface area contributed by atoms with E-state index in [2.05, 4.69) is 19.0 Å². The normalized spacial score (nSPS) is 23.1. The molecule has 0 bridgehead atoms. The van der Waals surface area contributed by atoms with Gasteiger partial charge in [-0.05, 0) is 50.4 Å². The van der Waals surface area contributed by atoms with E-state index in [1.807, 2.05) is 0 Å². The number of rotatable bonds is 6. The third-order valence-electron chi connectivity index (χ3n) is 6.20. The molecule has 0 radical (unpaired) electrons. The summed E-state index contributed by atoms with van der Waals surface area (Å²) in [7, 11) is 3.53. The topological polar surface area (TPSA) is 59.1 Å². The number of ether oxygens (including phenoxy) is 2. The smallest absolute Gasteiger partial charge is 0.246 e. The van der Waals surface area contributed by atoms with E-state index in [1.165, 1.54) is 33.5 Å². The lowest BCUT2D eigenvalue weighted by Gasteiger charge is -2.39. The van der Waals surface area contributed by atoms with Gasteiger partial charge < -0.3 is 14.4 Å². The minimum absolute atomic E-state index is 0.0989. The summed E-state index contributed by atoms with van der Waals surface area (Å²) in [6.45, 7) is 2.09. The first-order valence-electron chi connectivity index (χ1n) is 9.69. The van der Waals surface area contributed by atoms with Crippen LogP contribution >= 0.6 is 0 Å². The zero-order valence-electron chi connectivity index (χ0n) is 16.9. The first-order valence-corrected chi connectivity index (χ1v) is 11.1. The number of benzene rings is 1. The molecule has 1 aromatic rings. The number of hydrogen-bond donors (Lipinski definition) is 0. The van der Waals surface area contributed by atoms with Crippen LogP contribution < -0.4 is 9.47 Å². The molecule has 1 unspecified atom stereocenters. The van der Waals surface area contributed by atoms with Gasteiger partial charge in [-0.1, -0.05) is 19.3 Å². The molecule has 152 valence electrons. The number of hydrogen-bond acceptors (Lipinski definition) is 5. The van der Waals surface area contributed by atoms with E-state index in [0.29, 0.717) is 30.5 Å². The van der Waals surface area contributed by atoms with Crippen LogP contribution in [-0.4, -0.2) is 65.6 Å². The Kier molecular flexibility index (Phi) is 6.03. The molecule has 1 aliphatic heterocycles. The third-order valence-corrected chi connectivity index (χ3v) is 8.04. The quantitative estimate of drug-likeness (QED) is 0.740. The average Bonchev–Trinajstić information content (AvgIpc) is 2.99. The van der Waals surface area contributed by atoms with Gasteiger partial charge in [0.2, 0.25) is 10.0 Å². The first-order chi connectivity index (χ1) is 12.8. The molecule has 7 heteroatoms. The van der Waals surface area contributed by atoms with Crippen LogP contribution in [0.3, 0.4) is 0 Å². The highest BCUT2D eigenvalue weighted by Crippen LogP contribution is 2.49. The third kappa shape index (κ3) is 3.96. The summed E-state index contributed by atoms with van der Waals surface area (Å²) in [5.74, 6) is 1.24. The van der Waals surface area contributed by atoms with Crippen LogP contribution in [-0.2, 0) is 10.0 Å². The lowest BCUT2D eigenvalue weighted by Crippen LogP contribution is -2.38. The van der Waals surface area contributed by atoms with Gasteiger partial charge in [0.05, 0.1) is 14.2 Å². The minimum atomic E-state index is -3.65. The van der Waals surface area contributed by atoms with Crippen molar-refractivity contribution >= 4 is 10.0 Å². The minimum Gasteiger partial charge on any atom is -0.497 e. The Hall–Kier alpha value is -1.31. The first kappa shape index (κ1) is 20.4. The molecule has 27 heavy (non-hydrogen) atoms. The number of sulfonamides is 1. The fraction of sp³-hybridized carbons (Fsp3) is 0.700. The molecule has 1 aromatic carbocycles. The molecule has 1 saturated heterocycles. The van der Waals surface area contributed by atoms with E-state index < -0.39 is 10.0 Å². The summed E-state index contributed by atoms with van der Waals surface area (Å²) in [4.78, 5) is 2.38. The van der Waals surface area contributed by atoms with Crippen LogP contribution in [0.2, 0.25) is 0 Å². The maximum absolute atomic E-state index is 13.5. The molecule has 2 fully saturated rings. The predicted molar refractivity (Wildman–Crippen MR) is 106 cm³/mol. The molecule has 3 rings (SSSR count). The number of methoxy groups -OCH3 is 2. The fourth-order valence-electron chi connectivity index (χ4n) is 4.81. The Morgan fingerprint density at radius 2 is 1.85 bits per heavy atom. The van der Waals surface area contributed by atoms with Gasteiger partial charge in [0.15, 0.2) is 0 Å². The zero-order valence-corrected chi connectivity index (χ0v) is 17.7. The van der Waals surface area contributed by atoms with Gasteiger partial charge in [-0.15, -0.1) is 0 Å². The van der Waals surface area contributed by atoms with Crippen molar-refractivity contribution in [2.24, 2.45) is 11.3 Å². The van der Waals surface area contributed by atoms with Gasteiger partial charge in [-0.2, -0.15) is 4.31 Å². The lowest BCUT2D eigenvalue weighted by atomic mass is 9.67. The van der Waals surface area contributed by atoms with Gasteiger partial charge >= 0.3 is 0 Å². The van der Waals surface area contributed by atoms with E-state index in [1.54, 1.807) is 22.5 Å². The van der Waals surface area contributed by atoms with Crippen LogP contribution in [0.5, 0.6) is 11.5 Å². The van der Waals surface area contributed by atoms with Gasteiger partial charge in [-0.25, -0.2) is 8.42 Å². The number of nitrogens with zero attached hydrogens (tertiary/aromatic N) is 2. The monoisotopic (exact) mass is 396 g/mol. The highest BCUT2D eigenvalue weighted by atomic mass is 32.2. The van der Waals surface area contributed by atoms with Crippen LogP contribution in [0.4, 0.5) is 0 Å². The summed E-state index contributed by atoms with van der Waals surface area (Å²) >= 11 is 0. The van der Waals surface area contributed by atoms with Gasteiger partial charge in [0, 0.05) is 25.7 Å². The Bertz CT molecular complexity index is 757. The van der Waals surface area contributed by atoms with Crippen molar-refractivity contribution in [3.05, 3.63) is 18.2 Å². The molecule has 1 heterocycles. The lowest BCUT2D eigenvalue weighted by molar-refractivity contribution is 0.122. The summed E-state index contributed by atoms with van der Waals surface area (Å²) in [5.41, 5.74) is 0.0989. The van der Waals surface area contributed by atoms with Crippen LogP contribution in [0.25, 0.3) is 0 Å². The summed E-state index contributed by atoms with van der Waals surface area (Å²) in [6.07, 6.45) is 5.88. The van der Waals surface area contributed by atoms with Crippen molar-refractivity contribution in [2.75, 3.05) is 47.9 Å². The molecule has 1 spiro atoms. The molecular weight excluding hydrogens is 364 g/mol. The summed E-state index contributed by atoms with van der Waals surface area (Å²) < 4.78 is 39.3. The van der Waals surface area contributed by atoms with Crippen molar-refractivity contribution in [1.82, 2.24) is 9.21 Å². The second kappa shape index (κ2) is 7.97. The van der Waals surface area contributed by atoms with E-state index in [0.717, 1.165) is 19.4 Å². The van der Waals surface area contributed by atoms with Crippen molar-refractivity contribution in [2.45, 2.75) is 37.0 Å². The standard InChI is InChI=1S/C20H32N2O4S/c1-21(2)13-16-14-22(15-20(16)10-6-5-7-11-20)27(23,24)19-12-17(25-3)8-9-18(19)26-4/h8-9,12,16H,5-7,10-11,13-15H2,1-4H3. The van der Waals surface area contributed by atoms with Crippen LogP contribution in [0, 0.1) is 11.3 Å². The van der Waals surface area contributed by atoms with Gasteiger partial charge in [-0.3, -0.25) is 0 Å². The van der Waals surface area contributed by atoms with E-state index in [4.69, 9.17) is 9.47 Å². The Labute approximate surface area is 163 Å².